The number of anilines is 1. The predicted molar refractivity (Wildman–Crippen MR) is 85.4 cm³/mol. The molecule has 3 rings (SSSR count). The molecule has 4 N–H and O–H groups in total. The van der Waals surface area contributed by atoms with E-state index in [0.717, 1.165) is 24.1 Å². The van der Waals surface area contributed by atoms with E-state index in [-0.39, 0.29) is 17.9 Å². The van der Waals surface area contributed by atoms with E-state index >= 15 is 0 Å². The molecule has 1 aromatic carbocycles. The summed E-state index contributed by atoms with van der Waals surface area (Å²) in [6.45, 7) is 0.530. The smallest absolute Gasteiger partial charge is 0.228 e. The second kappa shape index (κ2) is 6.48. The third kappa shape index (κ3) is 3.65. The fourth-order valence-electron chi connectivity index (χ4n) is 3.04. The van der Waals surface area contributed by atoms with Gasteiger partial charge in [0.1, 0.15) is 0 Å². The fraction of sp³-hybridized carbons (Fsp3) is 0.529. The monoisotopic (exact) mass is 301 g/mol. The first-order valence-corrected chi connectivity index (χ1v) is 8.07. The average molecular weight is 301 g/mol. The highest BCUT2D eigenvalue weighted by Gasteiger charge is 2.30. The molecule has 1 saturated carbocycles. The zero-order chi connectivity index (χ0) is 15.5. The van der Waals surface area contributed by atoms with Crippen molar-refractivity contribution in [1.29, 1.82) is 0 Å². The summed E-state index contributed by atoms with van der Waals surface area (Å²) in [5.74, 6) is 0.746. The lowest BCUT2D eigenvalue weighted by atomic mass is 10.0. The Morgan fingerprint density at radius 2 is 2.23 bits per heavy atom. The molecule has 0 radical (unpaired) electrons. The summed E-state index contributed by atoms with van der Waals surface area (Å²) >= 11 is 0. The van der Waals surface area contributed by atoms with Crippen LogP contribution >= 0.6 is 0 Å². The molecule has 1 unspecified atom stereocenters. The number of benzene rings is 1. The summed E-state index contributed by atoms with van der Waals surface area (Å²) in [7, 11) is 0. The van der Waals surface area contributed by atoms with Crippen LogP contribution in [0.4, 0.5) is 5.69 Å². The number of fused-ring (bicyclic) bond motifs is 1. The molecule has 1 aliphatic carbocycles. The molecule has 1 aromatic rings. The Balaban J connectivity index is 1.44. The van der Waals surface area contributed by atoms with Crippen LogP contribution in [0.1, 0.15) is 36.8 Å². The Bertz CT molecular complexity index is 581. The maximum absolute atomic E-state index is 11.9. The molecule has 1 heterocycles. The highest BCUT2D eigenvalue weighted by molar-refractivity contribution is 5.99. The van der Waals surface area contributed by atoms with Gasteiger partial charge in [0.25, 0.3) is 0 Å². The Morgan fingerprint density at radius 3 is 2.95 bits per heavy atom. The van der Waals surface area contributed by atoms with Crippen molar-refractivity contribution in [3.8, 4) is 0 Å². The Morgan fingerprint density at radius 1 is 1.41 bits per heavy atom. The molecular formula is C17H23N3O2. The third-order valence-corrected chi connectivity index (χ3v) is 4.46. The minimum Gasteiger partial charge on any atom is -0.352 e. The van der Waals surface area contributed by atoms with E-state index in [1.807, 2.05) is 12.1 Å². The van der Waals surface area contributed by atoms with E-state index < -0.39 is 0 Å². The number of carbonyl (C=O) groups is 2. The highest BCUT2D eigenvalue weighted by atomic mass is 16.2. The first kappa shape index (κ1) is 15.0. The van der Waals surface area contributed by atoms with Crippen LogP contribution in [0.3, 0.4) is 0 Å². The molecule has 22 heavy (non-hydrogen) atoms. The van der Waals surface area contributed by atoms with Crippen LogP contribution in [-0.2, 0) is 22.4 Å². The van der Waals surface area contributed by atoms with Gasteiger partial charge in [-0.15, -0.1) is 0 Å². The summed E-state index contributed by atoms with van der Waals surface area (Å²) in [6.07, 6.45) is 5.02. The lowest BCUT2D eigenvalue weighted by molar-refractivity contribution is -0.122. The van der Waals surface area contributed by atoms with Gasteiger partial charge in [0.05, 0.1) is 6.42 Å². The Kier molecular flexibility index (Phi) is 4.43. The second-order valence-electron chi connectivity index (χ2n) is 6.32. The maximum Gasteiger partial charge on any atom is 0.228 e. The van der Waals surface area contributed by atoms with Gasteiger partial charge in [-0.1, -0.05) is 12.1 Å². The summed E-state index contributed by atoms with van der Waals surface area (Å²) in [5.41, 5.74) is 8.86. The van der Waals surface area contributed by atoms with E-state index in [0.29, 0.717) is 25.3 Å². The van der Waals surface area contributed by atoms with Crippen LogP contribution in [0.15, 0.2) is 18.2 Å². The molecule has 0 aromatic heterocycles. The third-order valence-electron chi connectivity index (χ3n) is 4.46. The first-order valence-electron chi connectivity index (χ1n) is 8.07. The molecule has 0 saturated heterocycles. The lowest BCUT2D eigenvalue weighted by Crippen LogP contribution is -2.41. The topological polar surface area (TPSA) is 84.2 Å². The van der Waals surface area contributed by atoms with Crippen molar-refractivity contribution in [2.45, 2.75) is 44.6 Å². The van der Waals surface area contributed by atoms with Crippen LogP contribution in [0.2, 0.25) is 0 Å². The van der Waals surface area contributed by atoms with Gasteiger partial charge in [-0.2, -0.15) is 0 Å². The number of amides is 2. The second-order valence-corrected chi connectivity index (χ2v) is 6.32. The zero-order valence-corrected chi connectivity index (χ0v) is 12.7. The van der Waals surface area contributed by atoms with Gasteiger partial charge >= 0.3 is 0 Å². The zero-order valence-electron chi connectivity index (χ0n) is 12.7. The van der Waals surface area contributed by atoms with Gasteiger partial charge in [0.2, 0.25) is 11.8 Å². The number of hydrogen-bond donors (Lipinski definition) is 3. The number of nitrogens with two attached hydrogens (primary N) is 1. The van der Waals surface area contributed by atoms with Crippen LogP contribution < -0.4 is 16.4 Å². The molecule has 118 valence electrons. The van der Waals surface area contributed by atoms with E-state index in [2.05, 4.69) is 16.7 Å². The van der Waals surface area contributed by atoms with Crippen molar-refractivity contribution in [3.63, 3.8) is 0 Å². The molecule has 1 fully saturated rings. The van der Waals surface area contributed by atoms with Crippen molar-refractivity contribution in [2.75, 3.05) is 11.9 Å². The lowest BCUT2D eigenvalue weighted by Gasteiger charge is -2.15. The van der Waals surface area contributed by atoms with E-state index in [1.54, 1.807) is 0 Å². The van der Waals surface area contributed by atoms with Crippen molar-refractivity contribution >= 4 is 17.5 Å². The van der Waals surface area contributed by atoms with Crippen LogP contribution in [0.5, 0.6) is 0 Å². The molecule has 2 amide bonds. The molecule has 0 bridgehead atoms. The average Bonchev–Trinajstić information content (AvgIpc) is 3.26. The van der Waals surface area contributed by atoms with E-state index in [4.69, 9.17) is 5.73 Å². The SMILES string of the molecule is NCC(NC(=O)CCCc1ccc2c(c1)CC(=O)N2)C1CC1. The normalized spacial score (nSPS) is 17.8. The van der Waals surface area contributed by atoms with Crippen LogP contribution in [0.25, 0.3) is 0 Å². The number of carbonyl (C=O) groups excluding carboxylic acids is 2. The van der Waals surface area contributed by atoms with Crippen LogP contribution in [0, 0.1) is 5.92 Å². The first-order chi connectivity index (χ1) is 10.7. The molecule has 1 atom stereocenters. The summed E-state index contributed by atoms with van der Waals surface area (Å²) in [5, 5.41) is 5.87. The molecule has 5 nitrogen and oxygen atoms in total. The summed E-state index contributed by atoms with van der Waals surface area (Å²) in [4.78, 5) is 23.3. The molecule has 0 spiro atoms. The largest absolute Gasteiger partial charge is 0.352 e. The van der Waals surface area contributed by atoms with Crippen molar-refractivity contribution in [2.24, 2.45) is 11.7 Å². The predicted octanol–water partition coefficient (Wildman–Crippen LogP) is 1.36. The molecule has 2 aliphatic rings. The van der Waals surface area contributed by atoms with Gasteiger partial charge < -0.3 is 16.4 Å². The van der Waals surface area contributed by atoms with E-state index in [1.165, 1.54) is 18.4 Å². The minimum absolute atomic E-state index is 0.0550. The Labute approximate surface area is 130 Å². The van der Waals surface area contributed by atoms with Crippen molar-refractivity contribution in [1.82, 2.24) is 5.32 Å². The minimum atomic E-state index is 0.0550. The quantitative estimate of drug-likeness (QED) is 0.711. The maximum atomic E-state index is 11.9. The van der Waals surface area contributed by atoms with Crippen molar-refractivity contribution < 1.29 is 9.59 Å². The number of rotatable bonds is 7. The molecular weight excluding hydrogens is 278 g/mol. The molecule has 1 aliphatic heterocycles. The number of nitrogens with one attached hydrogen (secondary N) is 2. The number of hydrogen-bond acceptors (Lipinski definition) is 3. The van der Waals surface area contributed by atoms with Crippen molar-refractivity contribution in [3.05, 3.63) is 29.3 Å². The van der Waals surface area contributed by atoms with Gasteiger partial charge in [0.15, 0.2) is 0 Å². The van der Waals surface area contributed by atoms with Gasteiger partial charge in [-0.05, 0) is 48.8 Å². The standard InChI is InChI=1S/C17H23N3O2/c18-10-15(12-5-6-12)20-16(21)3-1-2-11-4-7-14-13(8-11)9-17(22)19-14/h4,7-8,12,15H,1-3,5-6,9-10,18H2,(H,19,22)(H,20,21). The Hall–Kier alpha value is -1.88. The van der Waals surface area contributed by atoms with Crippen LogP contribution in [-0.4, -0.2) is 24.4 Å². The van der Waals surface area contributed by atoms with E-state index in [9.17, 15) is 9.59 Å². The fourth-order valence-corrected chi connectivity index (χ4v) is 3.04. The van der Waals surface area contributed by atoms with Gasteiger partial charge in [-0.3, -0.25) is 9.59 Å². The summed E-state index contributed by atoms with van der Waals surface area (Å²) < 4.78 is 0. The molecule has 5 heteroatoms. The summed E-state index contributed by atoms with van der Waals surface area (Å²) in [6, 6.07) is 6.20. The van der Waals surface area contributed by atoms with Gasteiger partial charge in [-0.25, -0.2) is 0 Å². The highest BCUT2D eigenvalue weighted by Crippen LogP contribution is 2.32. The number of aryl methyl sites for hydroxylation is 1. The van der Waals surface area contributed by atoms with Gasteiger partial charge in [0, 0.05) is 24.7 Å².